The number of carbonyl (C=O) groups is 1. The first-order valence-electron chi connectivity index (χ1n) is 8.11. The number of rotatable bonds is 6. The van der Waals surface area contributed by atoms with Crippen molar-refractivity contribution in [2.24, 2.45) is 5.41 Å². The molecule has 0 amide bonds. The predicted octanol–water partition coefficient (Wildman–Crippen LogP) is 3.61. The van der Waals surface area contributed by atoms with E-state index in [2.05, 4.69) is 10.3 Å². The van der Waals surface area contributed by atoms with Gasteiger partial charge in [0.15, 0.2) is 0 Å². The number of halogens is 3. The second-order valence-corrected chi connectivity index (χ2v) is 6.33. The third-order valence-electron chi connectivity index (χ3n) is 4.91. The summed E-state index contributed by atoms with van der Waals surface area (Å²) < 4.78 is 19.5. The molecular formula is C18H23Cl2FN2O3. The number of pyridine rings is 1. The predicted molar refractivity (Wildman–Crippen MR) is 103 cm³/mol. The van der Waals surface area contributed by atoms with Crippen LogP contribution in [0.3, 0.4) is 0 Å². The molecular weight excluding hydrogens is 382 g/mol. The van der Waals surface area contributed by atoms with Crippen LogP contribution in [0, 0.1) is 11.2 Å². The average molecular weight is 405 g/mol. The van der Waals surface area contributed by atoms with Gasteiger partial charge >= 0.3 is 5.97 Å². The molecule has 5 nitrogen and oxygen atoms in total. The Balaban J connectivity index is 0.00000169. The van der Waals surface area contributed by atoms with Crippen molar-refractivity contribution in [2.45, 2.75) is 25.7 Å². The monoisotopic (exact) mass is 404 g/mol. The van der Waals surface area contributed by atoms with Crippen molar-refractivity contribution in [3.8, 4) is 5.75 Å². The van der Waals surface area contributed by atoms with Gasteiger partial charge in [0.25, 0.3) is 0 Å². The molecule has 1 atom stereocenters. The molecule has 2 aromatic rings. The van der Waals surface area contributed by atoms with E-state index in [0.717, 1.165) is 11.9 Å². The van der Waals surface area contributed by atoms with Gasteiger partial charge in [0.2, 0.25) is 0 Å². The van der Waals surface area contributed by atoms with Crippen molar-refractivity contribution in [2.75, 3.05) is 20.2 Å². The number of nitrogens with zero attached hydrogens (tertiary/aromatic N) is 1. The summed E-state index contributed by atoms with van der Waals surface area (Å²) in [5.74, 6) is -0.475. The molecule has 1 saturated heterocycles. The Hall–Kier alpha value is -1.63. The fraction of sp³-hybridized carbons (Fsp3) is 0.444. The molecule has 2 heterocycles. The van der Waals surface area contributed by atoms with Gasteiger partial charge in [-0.2, -0.15) is 0 Å². The molecule has 0 radical (unpaired) electrons. The maximum Gasteiger partial charge on any atom is 0.310 e. The molecule has 26 heavy (non-hydrogen) atoms. The van der Waals surface area contributed by atoms with E-state index in [9.17, 15) is 14.3 Å². The Labute approximate surface area is 164 Å². The van der Waals surface area contributed by atoms with Gasteiger partial charge in [-0.1, -0.05) is 0 Å². The molecule has 2 N–H and O–H groups in total. The summed E-state index contributed by atoms with van der Waals surface area (Å²) in [6.07, 6.45) is 3.47. The maximum atomic E-state index is 14.3. The van der Waals surface area contributed by atoms with E-state index in [1.807, 2.05) is 0 Å². The first-order chi connectivity index (χ1) is 11.6. The van der Waals surface area contributed by atoms with Crippen molar-refractivity contribution in [1.29, 1.82) is 0 Å². The second kappa shape index (κ2) is 9.35. The third kappa shape index (κ3) is 4.37. The van der Waals surface area contributed by atoms with Gasteiger partial charge in [-0.25, -0.2) is 4.39 Å². The fourth-order valence-corrected chi connectivity index (χ4v) is 3.43. The number of methoxy groups -OCH3 is 1. The van der Waals surface area contributed by atoms with E-state index in [1.54, 1.807) is 25.3 Å². The van der Waals surface area contributed by atoms with Gasteiger partial charge < -0.3 is 15.2 Å². The van der Waals surface area contributed by atoms with Crippen LogP contribution in [0.2, 0.25) is 0 Å². The zero-order valence-corrected chi connectivity index (χ0v) is 16.1. The zero-order chi connectivity index (χ0) is 17.2. The van der Waals surface area contributed by atoms with E-state index in [-0.39, 0.29) is 30.6 Å². The summed E-state index contributed by atoms with van der Waals surface area (Å²) in [4.78, 5) is 15.7. The van der Waals surface area contributed by atoms with Crippen LogP contribution in [0.1, 0.15) is 24.8 Å². The summed E-state index contributed by atoms with van der Waals surface area (Å²) in [6.45, 7) is 1.20. The molecule has 3 rings (SSSR count). The highest BCUT2D eigenvalue weighted by atomic mass is 35.5. The number of nitrogens with one attached hydrogen (secondary N) is 1. The molecule has 0 aliphatic carbocycles. The summed E-state index contributed by atoms with van der Waals surface area (Å²) in [6, 6.07) is 5.38. The molecule has 0 saturated carbocycles. The van der Waals surface area contributed by atoms with Gasteiger partial charge in [0.1, 0.15) is 11.6 Å². The second-order valence-electron chi connectivity index (χ2n) is 6.33. The Morgan fingerprint density at radius 1 is 1.42 bits per heavy atom. The van der Waals surface area contributed by atoms with Crippen LogP contribution in [0.15, 0.2) is 24.4 Å². The molecule has 144 valence electrons. The smallest absolute Gasteiger partial charge is 0.310 e. The lowest BCUT2D eigenvalue weighted by molar-refractivity contribution is -0.148. The largest absolute Gasteiger partial charge is 0.497 e. The Bertz CT molecular complexity index is 767. The molecule has 0 bridgehead atoms. The number of fused-ring (bicyclic) bond motifs is 1. The molecule has 1 aliphatic heterocycles. The quantitative estimate of drug-likeness (QED) is 0.769. The first-order valence-corrected chi connectivity index (χ1v) is 8.11. The Morgan fingerprint density at radius 3 is 2.81 bits per heavy atom. The van der Waals surface area contributed by atoms with E-state index < -0.39 is 11.4 Å². The van der Waals surface area contributed by atoms with E-state index in [4.69, 9.17) is 4.74 Å². The highest BCUT2D eigenvalue weighted by Gasteiger charge is 2.40. The van der Waals surface area contributed by atoms with E-state index in [0.29, 0.717) is 49.1 Å². The minimum absolute atomic E-state index is 0. The van der Waals surface area contributed by atoms with Crippen molar-refractivity contribution in [3.63, 3.8) is 0 Å². The molecule has 1 aliphatic rings. The third-order valence-corrected chi connectivity index (χ3v) is 4.91. The fourth-order valence-electron chi connectivity index (χ4n) is 3.43. The number of carboxylic acids is 1. The van der Waals surface area contributed by atoms with Gasteiger partial charge in [-0.3, -0.25) is 9.78 Å². The highest BCUT2D eigenvalue weighted by molar-refractivity contribution is 5.85. The number of benzene rings is 1. The van der Waals surface area contributed by atoms with Crippen molar-refractivity contribution < 1.29 is 19.0 Å². The molecule has 1 aromatic carbocycles. The maximum absolute atomic E-state index is 14.3. The zero-order valence-electron chi connectivity index (χ0n) is 14.5. The van der Waals surface area contributed by atoms with Crippen LogP contribution in [-0.2, 0) is 11.2 Å². The number of hydrogen-bond acceptors (Lipinski definition) is 4. The highest BCUT2D eigenvalue weighted by Crippen LogP contribution is 2.33. The van der Waals surface area contributed by atoms with Crippen LogP contribution in [0.5, 0.6) is 5.75 Å². The van der Waals surface area contributed by atoms with E-state index in [1.165, 1.54) is 6.20 Å². The number of aromatic nitrogens is 1. The van der Waals surface area contributed by atoms with Gasteiger partial charge in [0, 0.05) is 11.9 Å². The normalized spacial score (nSPS) is 18.8. The minimum Gasteiger partial charge on any atom is -0.497 e. The lowest BCUT2D eigenvalue weighted by Crippen LogP contribution is -2.33. The SMILES string of the molecule is COc1ccc2ncc(F)c(CCCC3(C(=O)O)CCNC3)c2c1.Cl.Cl. The summed E-state index contributed by atoms with van der Waals surface area (Å²) in [7, 11) is 1.57. The first kappa shape index (κ1) is 22.4. The van der Waals surface area contributed by atoms with E-state index >= 15 is 0 Å². The number of carboxylic acid groups (broad SMARTS) is 1. The van der Waals surface area contributed by atoms with Gasteiger partial charge in [-0.15, -0.1) is 24.8 Å². The Kier molecular flexibility index (Phi) is 8.06. The summed E-state index contributed by atoms with van der Waals surface area (Å²) in [5.41, 5.74) is 0.560. The molecule has 1 unspecified atom stereocenters. The van der Waals surface area contributed by atoms with Crippen molar-refractivity contribution in [3.05, 3.63) is 35.8 Å². The van der Waals surface area contributed by atoms with Crippen molar-refractivity contribution in [1.82, 2.24) is 10.3 Å². The van der Waals surface area contributed by atoms with Crippen molar-refractivity contribution >= 4 is 41.7 Å². The molecule has 1 aromatic heterocycles. The van der Waals surface area contributed by atoms with Crippen LogP contribution in [-0.4, -0.2) is 36.3 Å². The number of hydrogen-bond donors (Lipinski definition) is 2. The molecule has 8 heteroatoms. The number of aryl methyl sites for hydroxylation is 1. The summed E-state index contributed by atoms with van der Waals surface area (Å²) >= 11 is 0. The molecule has 0 spiro atoms. The average Bonchev–Trinajstić information content (AvgIpc) is 3.06. The summed E-state index contributed by atoms with van der Waals surface area (Å²) in [5, 5.41) is 13.4. The number of ether oxygens (including phenoxy) is 1. The van der Waals surface area contributed by atoms with Crippen LogP contribution >= 0.6 is 24.8 Å². The standard InChI is InChI=1S/C18H21FN2O3.2ClH/c1-24-12-4-5-16-14(9-12)13(15(19)10-21-16)3-2-6-18(17(22)23)7-8-20-11-18;;/h4-5,9-10,20H,2-3,6-8,11H2,1H3,(H,22,23);2*1H. The van der Waals surface area contributed by atoms with Crippen LogP contribution in [0.25, 0.3) is 10.9 Å². The minimum atomic E-state index is -0.769. The van der Waals surface area contributed by atoms with Crippen LogP contribution in [0.4, 0.5) is 4.39 Å². The Morgan fingerprint density at radius 2 is 2.19 bits per heavy atom. The van der Waals surface area contributed by atoms with Crippen LogP contribution < -0.4 is 10.1 Å². The lowest BCUT2D eigenvalue weighted by atomic mass is 9.81. The van der Waals surface area contributed by atoms with Gasteiger partial charge in [-0.05, 0) is 56.0 Å². The number of aliphatic carboxylic acids is 1. The topological polar surface area (TPSA) is 71.5 Å². The van der Waals surface area contributed by atoms with Gasteiger partial charge in [0.05, 0.1) is 24.2 Å². The molecule has 1 fully saturated rings. The lowest BCUT2D eigenvalue weighted by Gasteiger charge is -2.22.